The zero-order valence-corrected chi connectivity index (χ0v) is 11.1. The second-order valence-electron chi connectivity index (χ2n) is 3.90. The third kappa shape index (κ3) is 2.07. The van der Waals surface area contributed by atoms with Crippen LogP contribution >= 0.6 is 22.6 Å². The standard InChI is InChI=1S/C12H11IO3/c1-12(2)15-9-5-3-4-8(6-7-13)10(9)11(14)16-12/h3-7H,1-2H3/b7-6+. The van der Waals surface area contributed by atoms with Gasteiger partial charge >= 0.3 is 5.97 Å². The first-order chi connectivity index (χ1) is 7.53. The molecule has 0 aromatic heterocycles. The fraction of sp³-hybridized carbons (Fsp3) is 0.250. The first-order valence-electron chi connectivity index (χ1n) is 4.85. The summed E-state index contributed by atoms with van der Waals surface area (Å²) in [7, 11) is 0. The highest BCUT2D eigenvalue weighted by Crippen LogP contribution is 2.33. The molecule has 0 fully saturated rings. The van der Waals surface area contributed by atoms with Gasteiger partial charge in [0.15, 0.2) is 0 Å². The van der Waals surface area contributed by atoms with E-state index in [0.717, 1.165) is 5.56 Å². The summed E-state index contributed by atoms with van der Waals surface area (Å²) in [6.45, 7) is 3.43. The zero-order chi connectivity index (χ0) is 11.8. The van der Waals surface area contributed by atoms with Gasteiger partial charge < -0.3 is 9.47 Å². The lowest BCUT2D eigenvalue weighted by Crippen LogP contribution is -2.39. The highest BCUT2D eigenvalue weighted by atomic mass is 127. The van der Waals surface area contributed by atoms with Crippen molar-refractivity contribution in [1.82, 2.24) is 0 Å². The summed E-state index contributed by atoms with van der Waals surface area (Å²) in [6, 6.07) is 5.50. The van der Waals surface area contributed by atoms with Crippen LogP contribution in [0.15, 0.2) is 22.3 Å². The van der Waals surface area contributed by atoms with E-state index < -0.39 is 5.79 Å². The van der Waals surface area contributed by atoms with Crippen molar-refractivity contribution < 1.29 is 14.3 Å². The molecule has 0 unspecified atom stereocenters. The molecule has 0 radical (unpaired) electrons. The van der Waals surface area contributed by atoms with Gasteiger partial charge in [0.25, 0.3) is 0 Å². The van der Waals surface area contributed by atoms with Crippen molar-refractivity contribution in [2.75, 3.05) is 0 Å². The van der Waals surface area contributed by atoms with Gasteiger partial charge in [-0.05, 0) is 21.8 Å². The molecule has 1 aromatic carbocycles. The minimum absolute atomic E-state index is 0.337. The van der Waals surface area contributed by atoms with Crippen LogP contribution in [0.5, 0.6) is 5.75 Å². The minimum Gasteiger partial charge on any atom is -0.452 e. The van der Waals surface area contributed by atoms with E-state index in [1.807, 2.05) is 22.3 Å². The van der Waals surface area contributed by atoms with Crippen molar-refractivity contribution in [2.24, 2.45) is 0 Å². The van der Waals surface area contributed by atoms with E-state index in [1.165, 1.54) is 0 Å². The number of halogens is 1. The Morgan fingerprint density at radius 2 is 2.06 bits per heavy atom. The number of esters is 1. The zero-order valence-electron chi connectivity index (χ0n) is 8.99. The van der Waals surface area contributed by atoms with Crippen molar-refractivity contribution >= 4 is 34.6 Å². The number of fused-ring (bicyclic) bond motifs is 1. The van der Waals surface area contributed by atoms with Crippen LogP contribution in [0.25, 0.3) is 6.08 Å². The highest BCUT2D eigenvalue weighted by molar-refractivity contribution is 14.1. The van der Waals surface area contributed by atoms with Gasteiger partial charge in [-0.25, -0.2) is 4.79 Å². The first-order valence-corrected chi connectivity index (χ1v) is 6.10. The molecule has 0 saturated carbocycles. The number of carbonyl (C=O) groups is 1. The highest BCUT2D eigenvalue weighted by Gasteiger charge is 2.34. The Morgan fingerprint density at radius 1 is 1.31 bits per heavy atom. The fourth-order valence-electron chi connectivity index (χ4n) is 1.62. The minimum atomic E-state index is -0.892. The van der Waals surface area contributed by atoms with Crippen LogP contribution < -0.4 is 4.74 Å². The van der Waals surface area contributed by atoms with Crippen molar-refractivity contribution in [3.63, 3.8) is 0 Å². The maximum Gasteiger partial charge on any atom is 0.345 e. The Kier molecular flexibility index (Phi) is 2.92. The molecule has 0 aliphatic carbocycles. The van der Waals surface area contributed by atoms with Crippen LogP contribution in [0.1, 0.15) is 29.8 Å². The average Bonchev–Trinajstić information content (AvgIpc) is 2.15. The summed E-state index contributed by atoms with van der Waals surface area (Å²) in [5, 5.41) is 0. The molecular weight excluding hydrogens is 319 g/mol. The van der Waals surface area contributed by atoms with Crippen LogP contribution in [-0.2, 0) is 4.74 Å². The van der Waals surface area contributed by atoms with Crippen LogP contribution in [0, 0.1) is 0 Å². The number of hydrogen-bond donors (Lipinski definition) is 0. The van der Waals surface area contributed by atoms with Crippen molar-refractivity contribution in [2.45, 2.75) is 19.6 Å². The maximum absolute atomic E-state index is 11.9. The lowest BCUT2D eigenvalue weighted by atomic mass is 10.1. The van der Waals surface area contributed by atoms with Gasteiger partial charge in [-0.3, -0.25) is 0 Å². The van der Waals surface area contributed by atoms with Crippen molar-refractivity contribution in [3.8, 4) is 5.75 Å². The summed E-state index contributed by atoms with van der Waals surface area (Å²) in [6.07, 6.45) is 1.85. The van der Waals surface area contributed by atoms with Crippen molar-refractivity contribution in [3.05, 3.63) is 33.4 Å². The maximum atomic E-state index is 11.9. The molecule has 0 spiro atoms. The Hall–Kier alpha value is -1.04. The molecule has 0 saturated heterocycles. The quantitative estimate of drug-likeness (QED) is 0.585. The number of carbonyl (C=O) groups excluding carboxylic acids is 1. The third-order valence-electron chi connectivity index (χ3n) is 2.20. The molecule has 1 aliphatic heterocycles. The molecule has 84 valence electrons. The fourth-order valence-corrected chi connectivity index (χ4v) is 2.01. The number of rotatable bonds is 1. The van der Waals surface area contributed by atoms with Crippen LogP contribution in [0.3, 0.4) is 0 Å². The van der Waals surface area contributed by atoms with Gasteiger partial charge in [0, 0.05) is 13.8 Å². The van der Waals surface area contributed by atoms with Crippen LogP contribution in [0.2, 0.25) is 0 Å². The largest absolute Gasteiger partial charge is 0.452 e. The van der Waals surface area contributed by atoms with E-state index in [0.29, 0.717) is 11.3 Å². The summed E-state index contributed by atoms with van der Waals surface area (Å²) in [5.74, 6) is -0.652. The molecule has 0 bridgehead atoms. The molecule has 4 heteroatoms. The van der Waals surface area contributed by atoms with Gasteiger partial charge in [-0.2, -0.15) is 0 Å². The summed E-state index contributed by atoms with van der Waals surface area (Å²) < 4.78 is 12.6. The first kappa shape index (κ1) is 11.4. The molecule has 0 atom stereocenters. The van der Waals surface area contributed by atoms with E-state index in [9.17, 15) is 4.79 Å². The average molecular weight is 330 g/mol. The smallest absolute Gasteiger partial charge is 0.345 e. The number of hydrogen-bond acceptors (Lipinski definition) is 3. The van der Waals surface area contributed by atoms with Gasteiger partial charge in [0.1, 0.15) is 11.3 Å². The van der Waals surface area contributed by atoms with E-state index in [4.69, 9.17) is 9.47 Å². The Balaban J connectivity index is 2.56. The van der Waals surface area contributed by atoms with Crippen LogP contribution in [0.4, 0.5) is 0 Å². The summed E-state index contributed by atoms with van der Waals surface area (Å²) in [5.41, 5.74) is 1.31. The normalized spacial score (nSPS) is 17.8. The number of cyclic esters (lactones) is 1. The number of benzene rings is 1. The predicted molar refractivity (Wildman–Crippen MR) is 69.6 cm³/mol. The third-order valence-corrected chi connectivity index (χ3v) is 2.56. The molecule has 3 nitrogen and oxygen atoms in total. The molecule has 0 N–H and O–H groups in total. The molecule has 1 aromatic rings. The second-order valence-corrected chi connectivity index (χ2v) is 4.62. The number of ether oxygens (including phenoxy) is 2. The molecular formula is C12H11IO3. The Morgan fingerprint density at radius 3 is 2.75 bits per heavy atom. The Labute approximate surface area is 108 Å². The van der Waals surface area contributed by atoms with Gasteiger partial charge in [-0.15, -0.1) is 0 Å². The monoisotopic (exact) mass is 330 g/mol. The lowest BCUT2D eigenvalue weighted by Gasteiger charge is -2.32. The summed E-state index contributed by atoms with van der Waals surface area (Å²) >= 11 is 2.11. The SMILES string of the molecule is CC1(C)OC(=O)c2c(/C=C/I)cccc2O1. The second kappa shape index (κ2) is 4.08. The predicted octanol–water partition coefficient (Wildman–Crippen LogP) is 3.38. The molecule has 0 amide bonds. The Bertz CT molecular complexity index is 463. The van der Waals surface area contributed by atoms with Crippen molar-refractivity contribution in [1.29, 1.82) is 0 Å². The molecule has 1 heterocycles. The molecule has 1 aliphatic rings. The molecule has 2 rings (SSSR count). The summed E-state index contributed by atoms with van der Waals surface area (Å²) in [4.78, 5) is 11.9. The van der Waals surface area contributed by atoms with Gasteiger partial charge in [0.05, 0.1) is 0 Å². The molecule has 16 heavy (non-hydrogen) atoms. The van der Waals surface area contributed by atoms with E-state index in [1.54, 1.807) is 19.9 Å². The topological polar surface area (TPSA) is 35.5 Å². The van der Waals surface area contributed by atoms with E-state index in [-0.39, 0.29) is 5.97 Å². The lowest BCUT2D eigenvalue weighted by molar-refractivity contribution is -0.127. The van der Waals surface area contributed by atoms with E-state index >= 15 is 0 Å². The van der Waals surface area contributed by atoms with Crippen LogP contribution in [-0.4, -0.2) is 11.8 Å². The van der Waals surface area contributed by atoms with E-state index in [2.05, 4.69) is 22.6 Å². The van der Waals surface area contributed by atoms with Gasteiger partial charge in [-0.1, -0.05) is 34.7 Å². The van der Waals surface area contributed by atoms with Gasteiger partial charge in [0.2, 0.25) is 5.79 Å².